The number of amides is 1. The molecule has 0 unspecified atom stereocenters. The minimum Gasteiger partial charge on any atom is -0.387 e. The molecule has 3 heterocycles. The van der Waals surface area contributed by atoms with E-state index in [1.54, 1.807) is 11.1 Å². The smallest absolute Gasteiger partial charge is 0.248 e. The first-order chi connectivity index (χ1) is 12.2. The van der Waals surface area contributed by atoms with Gasteiger partial charge in [-0.05, 0) is 61.4 Å². The number of aliphatic hydroxyl groups is 1. The normalized spacial score (nSPS) is 15.2. The summed E-state index contributed by atoms with van der Waals surface area (Å²) in [6.07, 6.45) is 7.70. The molecule has 0 radical (unpaired) electrons. The van der Waals surface area contributed by atoms with Crippen LogP contribution in [0.1, 0.15) is 24.8 Å². The predicted molar refractivity (Wildman–Crippen MR) is 96.5 cm³/mol. The van der Waals surface area contributed by atoms with Crippen molar-refractivity contribution in [3.63, 3.8) is 0 Å². The van der Waals surface area contributed by atoms with Gasteiger partial charge in [0.05, 0.1) is 0 Å². The number of carbonyl (C=O) groups excluding carboxylic acids is 1. The largest absolute Gasteiger partial charge is 0.387 e. The van der Waals surface area contributed by atoms with Crippen LogP contribution in [0.4, 0.5) is 11.6 Å². The Kier molecular flexibility index (Phi) is 5.95. The monoisotopic (exact) mass is 340 g/mol. The van der Waals surface area contributed by atoms with Crippen molar-refractivity contribution in [1.82, 2.24) is 14.9 Å². The molecular formula is C19H24N4O2. The van der Waals surface area contributed by atoms with E-state index in [0.717, 1.165) is 50.4 Å². The highest BCUT2D eigenvalue weighted by Gasteiger charge is 2.21. The Labute approximate surface area is 147 Å². The van der Waals surface area contributed by atoms with E-state index in [1.807, 2.05) is 30.5 Å². The van der Waals surface area contributed by atoms with Crippen LogP contribution >= 0.6 is 0 Å². The van der Waals surface area contributed by atoms with Gasteiger partial charge in [-0.15, -0.1) is 0 Å². The SMILES string of the molecule is O=C(CO)N1CCC(CCc2ccnc(Nc3ccccn3)c2)CC1. The van der Waals surface area contributed by atoms with Crippen LogP contribution in [0.2, 0.25) is 0 Å². The van der Waals surface area contributed by atoms with Crippen molar-refractivity contribution in [3.8, 4) is 0 Å². The Balaban J connectivity index is 1.49. The number of anilines is 2. The molecule has 6 nitrogen and oxygen atoms in total. The summed E-state index contributed by atoms with van der Waals surface area (Å²) in [5, 5.41) is 12.1. The zero-order valence-corrected chi connectivity index (χ0v) is 14.3. The summed E-state index contributed by atoms with van der Waals surface area (Å²) in [5.41, 5.74) is 1.25. The lowest BCUT2D eigenvalue weighted by Crippen LogP contribution is -2.40. The average molecular weight is 340 g/mol. The van der Waals surface area contributed by atoms with Crippen molar-refractivity contribution in [2.75, 3.05) is 25.0 Å². The molecule has 25 heavy (non-hydrogen) atoms. The highest BCUT2D eigenvalue weighted by molar-refractivity contribution is 5.77. The summed E-state index contributed by atoms with van der Waals surface area (Å²) in [6, 6.07) is 9.85. The van der Waals surface area contributed by atoms with Crippen LogP contribution in [0, 0.1) is 5.92 Å². The Morgan fingerprint density at radius 1 is 1.16 bits per heavy atom. The summed E-state index contributed by atoms with van der Waals surface area (Å²) < 4.78 is 0. The van der Waals surface area contributed by atoms with E-state index >= 15 is 0 Å². The topological polar surface area (TPSA) is 78.3 Å². The first kappa shape index (κ1) is 17.4. The number of likely N-dealkylation sites (tertiary alicyclic amines) is 1. The molecule has 2 aromatic rings. The summed E-state index contributed by atoms with van der Waals surface area (Å²) in [6.45, 7) is 1.13. The van der Waals surface area contributed by atoms with E-state index in [2.05, 4.69) is 21.4 Å². The number of rotatable bonds is 6. The van der Waals surface area contributed by atoms with Crippen LogP contribution in [0.15, 0.2) is 42.7 Å². The van der Waals surface area contributed by atoms with Gasteiger partial charge in [0.25, 0.3) is 0 Å². The standard InChI is InChI=1S/C19H24N4O2/c24-14-19(25)23-11-7-15(8-12-23)4-5-16-6-10-21-18(13-16)22-17-3-1-2-9-20-17/h1-3,6,9-10,13,15,24H,4-5,7-8,11-12,14H2,(H,20,21,22). The lowest BCUT2D eigenvalue weighted by molar-refractivity contribution is -0.135. The Morgan fingerprint density at radius 3 is 2.68 bits per heavy atom. The molecule has 2 N–H and O–H groups in total. The van der Waals surface area contributed by atoms with Crippen LogP contribution in [0.3, 0.4) is 0 Å². The molecule has 0 atom stereocenters. The number of hydrogen-bond donors (Lipinski definition) is 2. The van der Waals surface area contributed by atoms with Gasteiger partial charge in [-0.1, -0.05) is 6.07 Å². The number of aromatic nitrogens is 2. The minimum absolute atomic E-state index is 0.155. The fraction of sp³-hybridized carbons (Fsp3) is 0.421. The molecule has 1 aliphatic rings. The number of aliphatic hydroxyl groups excluding tert-OH is 1. The van der Waals surface area contributed by atoms with E-state index < -0.39 is 0 Å². The summed E-state index contributed by atoms with van der Waals surface area (Å²) >= 11 is 0. The van der Waals surface area contributed by atoms with Crippen LogP contribution in [-0.2, 0) is 11.2 Å². The summed E-state index contributed by atoms with van der Waals surface area (Å²) in [4.78, 5) is 21.9. The molecule has 3 rings (SSSR count). The second-order valence-corrected chi connectivity index (χ2v) is 6.41. The van der Waals surface area contributed by atoms with E-state index in [9.17, 15) is 4.79 Å². The van der Waals surface area contributed by atoms with Crippen molar-refractivity contribution >= 4 is 17.5 Å². The van der Waals surface area contributed by atoms with Crippen molar-refractivity contribution < 1.29 is 9.90 Å². The molecule has 0 saturated carbocycles. The lowest BCUT2D eigenvalue weighted by Gasteiger charge is -2.31. The average Bonchev–Trinajstić information content (AvgIpc) is 2.67. The number of nitrogens with zero attached hydrogens (tertiary/aromatic N) is 3. The number of hydrogen-bond acceptors (Lipinski definition) is 5. The Bertz CT molecular complexity index is 685. The van der Waals surface area contributed by atoms with Gasteiger partial charge < -0.3 is 15.3 Å². The number of piperidine rings is 1. The lowest BCUT2D eigenvalue weighted by atomic mass is 9.90. The molecule has 1 aliphatic heterocycles. The molecule has 1 fully saturated rings. The van der Waals surface area contributed by atoms with Gasteiger partial charge in [-0.3, -0.25) is 4.79 Å². The van der Waals surface area contributed by atoms with Crippen LogP contribution in [0.5, 0.6) is 0 Å². The Hall–Kier alpha value is -2.47. The summed E-state index contributed by atoms with van der Waals surface area (Å²) in [5.74, 6) is 2.06. The predicted octanol–water partition coefficient (Wildman–Crippen LogP) is 2.38. The van der Waals surface area contributed by atoms with E-state index in [1.165, 1.54) is 5.56 Å². The first-order valence-electron chi connectivity index (χ1n) is 8.76. The third-order valence-corrected chi connectivity index (χ3v) is 4.69. The molecule has 0 spiro atoms. The third kappa shape index (κ3) is 5.00. The van der Waals surface area contributed by atoms with Gasteiger partial charge in [0.1, 0.15) is 18.2 Å². The van der Waals surface area contributed by atoms with Gasteiger partial charge in [0.2, 0.25) is 5.91 Å². The zero-order chi connectivity index (χ0) is 17.5. The van der Waals surface area contributed by atoms with Crippen molar-refractivity contribution in [1.29, 1.82) is 0 Å². The number of aryl methyl sites for hydroxylation is 1. The van der Waals surface area contributed by atoms with Crippen molar-refractivity contribution in [3.05, 3.63) is 48.3 Å². The van der Waals surface area contributed by atoms with Crippen molar-refractivity contribution in [2.45, 2.75) is 25.7 Å². The number of nitrogens with one attached hydrogen (secondary N) is 1. The molecule has 0 aromatic carbocycles. The molecule has 6 heteroatoms. The van der Waals surface area contributed by atoms with Crippen LogP contribution < -0.4 is 5.32 Å². The van der Waals surface area contributed by atoms with Gasteiger partial charge in [0, 0.05) is 25.5 Å². The van der Waals surface area contributed by atoms with Crippen LogP contribution in [-0.4, -0.2) is 45.6 Å². The molecular weight excluding hydrogens is 316 g/mol. The number of carbonyl (C=O) groups is 1. The second-order valence-electron chi connectivity index (χ2n) is 6.41. The first-order valence-corrected chi connectivity index (χ1v) is 8.76. The third-order valence-electron chi connectivity index (χ3n) is 4.69. The molecule has 0 bridgehead atoms. The van der Waals surface area contributed by atoms with Gasteiger partial charge >= 0.3 is 0 Å². The molecule has 1 saturated heterocycles. The maximum Gasteiger partial charge on any atom is 0.248 e. The van der Waals surface area contributed by atoms with Gasteiger partial charge in [-0.2, -0.15) is 0 Å². The molecule has 132 valence electrons. The Morgan fingerprint density at radius 2 is 1.96 bits per heavy atom. The number of pyridine rings is 2. The zero-order valence-electron chi connectivity index (χ0n) is 14.3. The van der Waals surface area contributed by atoms with E-state index in [-0.39, 0.29) is 12.5 Å². The fourth-order valence-electron chi connectivity index (χ4n) is 3.21. The van der Waals surface area contributed by atoms with E-state index in [0.29, 0.717) is 5.92 Å². The quantitative estimate of drug-likeness (QED) is 0.844. The van der Waals surface area contributed by atoms with Crippen LogP contribution in [0.25, 0.3) is 0 Å². The maximum atomic E-state index is 11.5. The van der Waals surface area contributed by atoms with Gasteiger partial charge in [-0.25, -0.2) is 9.97 Å². The second kappa shape index (κ2) is 8.58. The fourth-order valence-corrected chi connectivity index (χ4v) is 3.21. The molecule has 0 aliphatic carbocycles. The molecule has 2 aromatic heterocycles. The summed E-state index contributed by atoms with van der Waals surface area (Å²) in [7, 11) is 0. The maximum absolute atomic E-state index is 11.5. The van der Waals surface area contributed by atoms with Gasteiger partial charge in [0.15, 0.2) is 0 Å². The van der Waals surface area contributed by atoms with E-state index in [4.69, 9.17) is 5.11 Å². The molecule has 1 amide bonds. The highest BCUT2D eigenvalue weighted by Crippen LogP contribution is 2.23. The minimum atomic E-state index is -0.381. The van der Waals surface area contributed by atoms with Crippen molar-refractivity contribution in [2.24, 2.45) is 5.92 Å². The highest BCUT2D eigenvalue weighted by atomic mass is 16.3.